The quantitative estimate of drug-likeness (QED) is 0.0112. The van der Waals surface area contributed by atoms with Gasteiger partial charge in [0.2, 0.25) is 82.7 Å². The molecule has 1 aromatic heterocycles. The number of Topliss-reactive ketones (excluding diaryl/α,β-unsaturated/α-hetero) is 1. The van der Waals surface area contributed by atoms with Crippen molar-refractivity contribution in [1.29, 1.82) is 0 Å². The Hall–Kier alpha value is -12.7. The number of benzene rings is 2. The van der Waals surface area contributed by atoms with E-state index in [1.54, 1.807) is 30.5 Å². The summed E-state index contributed by atoms with van der Waals surface area (Å²) in [6.45, 7) is 1.14. The summed E-state index contributed by atoms with van der Waals surface area (Å²) in [5.74, 6) is -29.7. The van der Waals surface area contributed by atoms with Crippen molar-refractivity contribution >= 4 is 135 Å². The molecule has 25 N–H and O–H groups in total. The maximum absolute atomic E-state index is 14.8. The van der Waals surface area contributed by atoms with Gasteiger partial charge in [-0.3, -0.25) is 91.1 Å². The van der Waals surface area contributed by atoms with Crippen molar-refractivity contribution in [3.8, 4) is 0 Å². The Kier molecular flexibility index (Phi) is 39.9. The van der Waals surface area contributed by atoms with Gasteiger partial charge in [-0.2, -0.15) is 0 Å². The smallest absolute Gasteiger partial charge is 0.329 e. The fourth-order valence-corrected chi connectivity index (χ4v) is 11.9. The highest BCUT2D eigenvalue weighted by molar-refractivity contribution is 6.05. The Labute approximate surface area is 663 Å². The number of anilines is 1. The number of rotatable bonds is 36. The summed E-state index contributed by atoms with van der Waals surface area (Å²) in [5, 5.41) is 78.7. The molecule has 4 rings (SSSR count). The van der Waals surface area contributed by atoms with Crippen molar-refractivity contribution in [2.45, 2.75) is 216 Å². The molecular formula is C73H103N17O26. The molecule has 4 unspecified atom stereocenters. The summed E-state index contributed by atoms with van der Waals surface area (Å²) in [7, 11) is 0. The number of ether oxygens (including phenoxy) is 1. The van der Waals surface area contributed by atoms with Crippen LogP contribution in [0.5, 0.6) is 0 Å². The Morgan fingerprint density at radius 2 is 1.08 bits per heavy atom. The number of ketones is 1. The lowest BCUT2D eigenvalue weighted by atomic mass is 9.96. The van der Waals surface area contributed by atoms with Crippen molar-refractivity contribution < 1.29 is 126 Å². The minimum Gasteiger partial charge on any atom is -0.481 e. The fourth-order valence-electron chi connectivity index (χ4n) is 11.9. The topological polar surface area (TPSA) is 702 Å². The molecule has 1 aliphatic rings. The van der Waals surface area contributed by atoms with Gasteiger partial charge in [0.05, 0.1) is 51.8 Å². The monoisotopic (exact) mass is 1630 g/mol. The van der Waals surface area contributed by atoms with E-state index in [2.05, 4.69) is 65.1 Å². The zero-order chi connectivity index (χ0) is 86.5. The number of aromatic nitrogens is 1. The van der Waals surface area contributed by atoms with Gasteiger partial charge < -0.3 is 122 Å². The van der Waals surface area contributed by atoms with Crippen LogP contribution >= 0.6 is 0 Å². The van der Waals surface area contributed by atoms with E-state index in [0.29, 0.717) is 29.3 Å². The highest BCUT2D eigenvalue weighted by Gasteiger charge is 2.41. The van der Waals surface area contributed by atoms with Gasteiger partial charge in [0, 0.05) is 47.6 Å². The Balaban J connectivity index is 1.87. The molecule has 14 amide bonds. The number of carboxylic acids is 4. The van der Waals surface area contributed by atoms with Crippen LogP contribution in [-0.4, -0.2) is 248 Å². The molecule has 0 spiro atoms. The number of primary amides is 1. The number of carbonyl (C=O) groups is 20. The summed E-state index contributed by atoms with van der Waals surface area (Å²) in [5.41, 5.74) is 18.1. The summed E-state index contributed by atoms with van der Waals surface area (Å²) in [6, 6.07) is -10.5. The number of para-hydroxylation sites is 2. The van der Waals surface area contributed by atoms with Crippen molar-refractivity contribution in [3.05, 3.63) is 65.9 Å². The van der Waals surface area contributed by atoms with Gasteiger partial charge in [-0.25, -0.2) is 4.79 Å². The number of hydrogen-bond acceptors (Lipinski definition) is 24. The van der Waals surface area contributed by atoms with Gasteiger partial charge in [0.15, 0.2) is 5.78 Å². The number of unbranched alkanes of at least 4 members (excludes halogenated alkanes) is 7. The Bertz CT molecular complexity index is 4060. The highest BCUT2D eigenvalue weighted by Crippen LogP contribution is 2.22. The number of cyclic esters (lactones) is 1. The predicted octanol–water partition coefficient (Wildman–Crippen LogP) is -5.23. The number of carboxylic acid groups (broad SMARTS) is 4. The second kappa shape index (κ2) is 48.4. The minimum absolute atomic E-state index is 0.0174. The molecule has 43 nitrogen and oxygen atoms in total. The largest absolute Gasteiger partial charge is 0.481 e. The molecule has 0 radical (unpaired) electrons. The number of nitrogens with two attached hydrogens (primary N) is 3. The summed E-state index contributed by atoms with van der Waals surface area (Å²) in [6.07, 6.45) is -1.15. The molecule has 116 heavy (non-hydrogen) atoms. The molecule has 0 aliphatic carbocycles. The van der Waals surface area contributed by atoms with E-state index in [1.807, 2.05) is 16.0 Å². The standard InChI is InChI=1S/C73H103N17O26/c1-5-6-7-8-9-10-11-12-23-54(94)82-45(26-39-32-77-43-21-16-14-18-40(39)43)67(109)85-46(28-53(76)93)68(110)87-49(31-60(103)104)69(111)90-62-38(4)116-73(115)50(27-52(92)41-19-13-15-20-42(41)75)88-72(114)61(36(2)25-57(97)98)89-70(112)51(35-91)83-56(96)33-78-64(106)47(29-58(99)100)84-63(105)37(3)80-66(108)48(30-59(101)102)86-65(107)44(22-17-24-74)81-55(95)34-79-71(62)113/h13-16,18-21,32,36-38,44-51,61-62,77,91H,5-12,17,22-31,33-35,74-75H2,1-4H3,(H2,76,93)(H,78,106)(H,79,113)(H,80,108)(H,81,95)(H,82,94)(H,83,96)(H,84,105)(H,85,109)(H,86,107)(H,87,110)(H,88,114)(H,89,112)(H,90,111)(H,97,98)(H,99,100)(H,101,102)(H,103,104)/t36-,37+,38?,44+,45-,46-,47-,48?,49-,50-,51?,61-,62?/m0/s1. The van der Waals surface area contributed by atoms with Crippen LogP contribution in [0.25, 0.3) is 10.9 Å². The molecule has 2 aromatic carbocycles. The normalized spacial score (nSPS) is 21.1. The number of hydrogen-bond donors (Lipinski definition) is 22. The van der Waals surface area contributed by atoms with Crippen LogP contribution in [0.1, 0.15) is 153 Å². The molecule has 1 aliphatic heterocycles. The maximum atomic E-state index is 14.8. The van der Waals surface area contributed by atoms with Crippen LogP contribution in [-0.2, 0) is 102 Å². The van der Waals surface area contributed by atoms with Crippen molar-refractivity contribution in [3.63, 3.8) is 0 Å². The lowest BCUT2D eigenvalue weighted by Gasteiger charge is -2.30. The summed E-state index contributed by atoms with van der Waals surface area (Å²) >= 11 is 0. The number of aliphatic hydroxyl groups excluding tert-OH is 1. The molecule has 43 heteroatoms. The zero-order valence-electron chi connectivity index (χ0n) is 64.3. The minimum atomic E-state index is -2.45. The van der Waals surface area contributed by atoms with Crippen LogP contribution in [0, 0.1) is 5.92 Å². The number of nitrogen functional groups attached to an aromatic ring is 1. The van der Waals surface area contributed by atoms with Crippen LogP contribution in [0.15, 0.2) is 54.7 Å². The number of esters is 1. The molecule has 1 saturated heterocycles. The number of nitrogens with one attached hydrogen (secondary N) is 14. The van der Waals surface area contributed by atoms with Gasteiger partial charge in [-0.05, 0) is 69.3 Å². The van der Waals surface area contributed by atoms with Crippen LogP contribution in [0.3, 0.4) is 0 Å². The van der Waals surface area contributed by atoms with E-state index in [9.17, 15) is 121 Å². The lowest BCUT2D eigenvalue weighted by Crippen LogP contribution is -2.62. The maximum Gasteiger partial charge on any atom is 0.329 e. The van der Waals surface area contributed by atoms with Gasteiger partial charge in [0.1, 0.15) is 72.6 Å². The molecule has 13 atom stereocenters. The molecule has 0 saturated carbocycles. The first-order valence-corrected chi connectivity index (χ1v) is 37.3. The van der Waals surface area contributed by atoms with Gasteiger partial charge in [-0.1, -0.05) is 89.1 Å². The summed E-state index contributed by atoms with van der Waals surface area (Å²) < 4.78 is 5.68. The first-order valence-electron chi connectivity index (χ1n) is 37.3. The lowest BCUT2D eigenvalue weighted by molar-refractivity contribution is -0.156. The number of aliphatic carboxylic acids is 4. The molecule has 3 aromatic rings. The van der Waals surface area contributed by atoms with Gasteiger partial charge in [-0.15, -0.1) is 0 Å². The third-order valence-corrected chi connectivity index (χ3v) is 18.1. The van der Waals surface area contributed by atoms with Crippen LogP contribution in [0.4, 0.5) is 5.69 Å². The van der Waals surface area contributed by atoms with Crippen LogP contribution < -0.4 is 86.3 Å². The first kappa shape index (κ1) is 95.7. The van der Waals surface area contributed by atoms with E-state index in [0.717, 1.165) is 59.3 Å². The zero-order valence-corrected chi connectivity index (χ0v) is 64.3. The van der Waals surface area contributed by atoms with Crippen molar-refractivity contribution in [1.82, 2.24) is 74.1 Å². The van der Waals surface area contributed by atoms with E-state index < -0.39 is 261 Å². The van der Waals surface area contributed by atoms with E-state index in [1.165, 1.54) is 24.3 Å². The summed E-state index contributed by atoms with van der Waals surface area (Å²) in [4.78, 5) is 276. The highest BCUT2D eigenvalue weighted by atomic mass is 16.5. The Morgan fingerprint density at radius 1 is 0.543 bits per heavy atom. The molecular weight excluding hydrogens is 1530 g/mol. The third-order valence-electron chi connectivity index (χ3n) is 18.1. The number of amides is 14. The number of H-pyrrole nitrogens is 1. The van der Waals surface area contributed by atoms with Crippen molar-refractivity contribution in [2.24, 2.45) is 17.4 Å². The van der Waals surface area contributed by atoms with E-state index >= 15 is 0 Å². The molecule has 0 bridgehead atoms. The second-order valence-corrected chi connectivity index (χ2v) is 27.6. The SMILES string of the molecule is CCCCCCCCCCC(=O)N[C@@H](Cc1c[nH]c2ccccc12)C(=O)N[C@@H](CC(N)=O)C(=O)N[C@@H](CC(=O)O)C(=O)NC1C(=O)NCC(=O)N[C@H](CCCN)C(=O)NC(CC(=O)O)C(=O)N[C@H](C)C(=O)N[C@@H](CC(=O)O)C(=O)NCC(=O)NC(CO)C(=O)N[C@@H]([C@@H](C)CC(=O)O)C(=O)N[C@@H](CC(=O)c2ccccc2N)C(=O)OC1C. The molecule has 2 heterocycles. The van der Waals surface area contributed by atoms with Crippen molar-refractivity contribution in [2.75, 3.05) is 32.0 Å². The van der Waals surface area contributed by atoms with Gasteiger partial charge >= 0.3 is 29.8 Å². The predicted molar refractivity (Wildman–Crippen MR) is 405 cm³/mol. The Morgan fingerprint density at radius 3 is 1.67 bits per heavy atom. The number of aliphatic hydroxyl groups is 1. The first-order chi connectivity index (χ1) is 54.9. The number of carbonyl (C=O) groups excluding carboxylic acids is 16. The number of fused-ring (bicyclic) bond motifs is 1. The van der Waals surface area contributed by atoms with E-state index in [-0.39, 0.29) is 37.1 Å². The average Bonchev–Trinajstić information content (AvgIpc) is 1.62. The average molecular weight is 1630 g/mol. The fraction of sp³-hybridized carbons (Fsp3) is 0.534. The molecule has 1 fully saturated rings. The van der Waals surface area contributed by atoms with E-state index in [4.69, 9.17) is 21.9 Å². The van der Waals surface area contributed by atoms with Crippen LogP contribution in [0.2, 0.25) is 0 Å². The molecule has 636 valence electrons. The third kappa shape index (κ3) is 32.8. The second-order valence-electron chi connectivity index (χ2n) is 27.6. The van der Waals surface area contributed by atoms with Gasteiger partial charge in [0.25, 0.3) is 0 Å². The number of aromatic amines is 1.